The molecular formula is C12H20ClN3O2S2. The largest absolute Gasteiger partial charge is 0.282 e. The summed E-state index contributed by atoms with van der Waals surface area (Å²) in [5, 5.41) is 0. The molecule has 1 aliphatic rings. The molecule has 0 radical (unpaired) electrons. The van der Waals surface area contributed by atoms with Crippen LogP contribution in [0.25, 0.3) is 0 Å². The van der Waals surface area contributed by atoms with E-state index in [1.165, 1.54) is 15.6 Å². The van der Waals surface area contributed by atoms with Gasteiger partial charge in [-0.3, -0.25) is 0 Å². The Morgan fingerprint density at radius 1 is 1.55 bits per heavy atom. The molecule has 1 aromatic heterocycles. The highest BCUT2D eigenvalue weighted by atomic mass is 35.5. The zero-order chi connectivity index (χ0) is 14.8. The number of alkyl halides is 1. The normalized spacial score (nSPS) is 21.5. The fourth-order valence-electron chi connectivity index (χ4n) is 2.37. The summed E-state index contributed by atoms with van der Waals surface area (Å²) in [6.45, 7) is 2.82. The summed E-state index contributed by atoms with van der Waals surface area (Å²) in [5.74, 6) is 0.354. The highest BCUT2D eigenvalue weighted by molar-refractivity contribution is 7.86. The van der Waals surface area contributed by atoms with Gasteiger partial charge >= 0.3 is 0 Å². The van der Waals surface area contributed by atoms with Crippen molar-refractivity contribution >= 4 is 33.1 Å². The number of hydrogen-bond donors (Lipinski definition) is 0. The highest BCUT2D eigenvalue weighted by Crippen LogP contribution is 2.24. The van der Waals surface area contributed by atoms with Crippen molar-refractivity contribution in [3.8, 4) is 0 Å². The summed E-state index contributed by atoms with van der Waals surface area (Å²) in [7, 11) is -1.84. The van der Waals surface area contributed by atoms with Crippen LogP contribution in [-0.2, 0) is 16.8 Å². The van der Waals surface area contributed by atoms with E-state index in [4.69, 9.17) is 11.6 Å². The molecule has 2 heterocycles. The summed E-state index contributed by atoms with van der Waals surface area (Å²) in [6.07, 6.45) is 2.79. The molecule has 1 saturated heterocycles. The number of nitrogens with zero attached hydrogens (tertiary/aromatic N) is 3. The Balaban J connectivity index is 2.14. The lowest BCUT2D eigenvalue weighted by molar-refractivity contribution is 0.252. The molecule has 114 valence electrons. The van der Waals surface area contributed by atoms with Gasteiger partial charge in [0.15, 0.2) is 0 Å². The van der Waals surface area contributed by atoms with Crippen LogP contribution in [-0.4, -0.2) is 47.5 Å². The van der Waals surface area contributed by atoms with Gasteiger partial charge < -0.3 is 0 Å². The monoisotopic (exact) mass is 337 g/mol. The van der Waals surface area contributed by atoms with Crippen LogP contribution in [0.2, 0.25) is 0 Å². The number of thiazole rings is 1. The van der Waals surface area contributed by atoms with E-state index in [2.05, 4.69) is 4.98 Å². The van der Waals surface area contributed by atoms with E-state index in [1.54, 1.807) is 16.9 Å². The lowest BCUT2D eigenvalue weighted by atomic mass is 10.1. The first-order chi connectivity index (χ1) is 9.46. The standard InChI is InChI=1S/C12H20ClN3O2S2/c1-10-12(19-9-14-10)8-15(2)20(17,18)16-6-4-3-5-11(16)7-13/h9,11H,3-8H2,1-2H3. The Bertz CT molecular complexity index is 547. The van der Waals surface area contributed by atoms with E-state index in [9.17, 15) is 8.42 Å². The number of halogens is 1. The SMILES string of the molecule is Cc1ncsc1CN(C)S(=O)(=O)N1CCCCC1CCl. The van der Waals surface area contributed by atoms with Gasteiger partial charge in [0.1, 0.15) is 0 Å². The zero-order valence-electron chi connectivity index (χ0n) is 11.7. The van der Waals surface area contributed by atoms with E-state index in [1.807, 2.05) is 6.92 Å². The van der Waals surface area contributed by atoms with Crippen LogP contribution in [0.3, 0.4) is 0 Å². The molecule has 20 heavy (non-hydrogen) atoms. The average Bonchev–Trinajstić information content (AvgIpc) is 2.84. The molecule has 1 aliphatic heterocycles. The molecule has 1 fully saturated rings. The van der Waals surface area contributed by atoms with Crippen molar-refractivity contribution in [3.63, 3.8) is 0 Å². The first-order valence-corrected chi connectivity index (χ1v) is 9.46. The molecule has 0 aromatic carbocycles. The van der Waals surface area contributed by atoms with Gasteiger partial charge in [-0.2, -0.15) is 17.0 Å². The minimum Gasteiger partial charge on any atom is -0.250 e. The molecule has 0 N–H and O–H groups in total. The van der Waals surface area contributed by atoms with Crippen molar-refractivity contribution < 1.29 is 8.42 Å². The number of aromatic nitrogens is 1. The maximum absolute atomic E-state index is 12.7. The topological polar surface area (TPSA) is 53.5 Å². The van der Waals surface area contributed by atoms with Crippen LogP contribution in [0.5, 0.6) is 0 Å². The molecule has 0 aliphatic carbocycles. The fourth-order valence-corrected chi connectivity index (χ4v) is 5.25. The van der Waals surface area contributed by atoms with E-state index < -0.39 is 10.2 Å². The second kappa shape index (κ2) is 6.70. The van der Waals surface area contributed by atoms with E-state index >= 15 is 0 Å². The van der Waals surface area contributed by atoms with Crippen LogP contribution in [0.4, 0.5) is 0 Å². The third-order valence-corrected chi connectivity index (χ3v) is 6.92. The summed E-state index contributed by atoms with van der Waals surface area (Å²) >= 11 is 7.41. The van der Waals surface area contributed by atoms with Crippen LogP contribution < -0.4 is 0 Å². The second-order valence-electron chi connectivity index (χ2n) is 5.04. The molecule has 8 heteroatoms. The molecule has 0 saturated carbocycles. The predicted molar refractivity (Wildman–Crippen MR) is 82.3 cm³/mol. The minimum atomic E-state index is -3.46. The Labute approximate surface area is 129 Å². The first kappa shape index (κ1) is 16.2. The molecule has 0 bridgehead atoms. The number of hydrogen-bond acceptors (Lipinski definition) is 4. The maximum Gasteiger partial charge on any atom is 0.282 e. The summed E-state index contributed by atoms with van der Waals surface area (Å²) in [5.41, 5.74) is 2.64. The van der Waals surface area contributed by atoms with E-state index in [-0.39, 0.29) is 6.04 Å². The fraction of sp³-hybridized carbons (Fsp3) is 0.750. The van der Waals surface area contributed by atoms with Gasteiger partial charge in [-0.05, 0) is 19.8 Å². The van der Waals surface area contributed by atoms with Crippen molar-refractivity contribution in [2.75, 3.05) is 19.5 Å². The van der Waals surface area contributed by atoms with Crippen LogP contribution >= 0.6 is 22.9 Å². The minimum absolute atomic E-state index is 0.0829. The predicted octanol–water partition coefficient (Wildman–Crippen LogP) is 2.22. The zero-order valence-corrected chi connectivity index (χ0v) is 14.1. The van der Waals surface area contributed by atoms with Gasteiger partial charge in [-0.1, -0.05) is 6.42 Å². The third kappa shape index (κ3) is 3.33. The van der Waals surface area contributed by atoms with Crippen molar-refractivity contribution in [2.45, 2.75) is 38.8 Å². The molecule has 0 amide bonds. The summed E-state index contributed by atoms with van der Waals surface area (Å²) in [6, 6.07) is -0.0829. The van der Waals surface area contributed by atoms with Gasteiger partial charge in [0.2, 0.25) is 0 Å². The molecule has 0 spiro atoms. The Morgan fingerprint density at radius 2 is 2.30 bits per heavy atom. The van der Waals surface area contributed by atoms with Gasteiger partial charge in [0.05, 0.1) is 17.7 Å². The third-order valence-electron chi connectivity index (χ3n) is 3.65. The van der Waals surface area contributed by atoms with Crippen LogP contribution in [0, 0.1) is 6.92 Å². The average molecular weight is 338 g/mol. The number of aryl methyl sites for hydroxylation is 1. The van der Waals surface area contributed by atoms with Gasteiger partial charge in [-0.25, -0.2) is 4.98 Å². The quantitative estimate of drug-likeness (QED) is 0.774. The molecule has 1 aromatic rings. The summed E-state index contributed by atoms with van der Waals surface area (Å²) < 4.78 is 28.3. The summed E-state index contributed by atoms with van der Waals surface area (Å²) in [4.78, 5) is 5.14. The van der Waals surface area contributed by atoms with Crippen molar-refractivity contribution in [1.82, 2.24) is 13.6 Å². The van der Waals surface area contributed by atoms with E-state index in [0.29, 0.717) is 19.0 Å². The Morgan fingerprint density at radius 3 is 2.90 bits per heavy atom. The van der Waals surface area contributed by atoms with Crippen molar-refractivity contribution in [1.29, 1.82) is 0 Å². The van der Waals surface area contributed by atoms with Crippen molar-refractivity contribution in [3.05, 3.63) is 16.1 Å². The molecule has 2 rings (SSSR count). The second-order valence-corrected chi connectivity index (χ2v) is 8.28. The van der Waals surface area contributed by atoms with Crippen molar-refractivity contribution in [2.24, 2.45) is 0 Å². The number of rotatable bonds is 5. The van der Waals surface area contributed by atoms with E-state index in [0.717, 1.165) is 29.8 Å². The van der Waals surface area contributed by atoms with Gasteiger partial charge in [0, 0.05) is 30.4 Å². The highest BCUT2D eigenvalue weighted by Gasteiger charge is 2.34. The molecule has 5 nitrogen and oxygen atoms in total. The van der Waals surface area contributed by atoms with Crippen LogP contribution in [0.1, 0.15) is 29.8 Å². The lowest BCUT2D eigenvalue weighted by Gasteiger charge is -2.36. The molecule has 1 atom stereocenters. The lowest BCUT2D eigenvalue weighted by Crippen LogP contribution is -2.50. The Hall–Kier alpha value is -0.210. The Kier molecular flexibility index (Phi) is 5.42. The smallest absolute Gasteiger partial charge is 0.250 e. The van der Waals surface area contributed by atoms with Crippen LogP contribution in [0.15, 0.2) is 5.51 Å². The number of piperidine rings is 1. The molecule has 1 unspecified atom stereocenters. The molecular weight excluding hydrogens is 318 g/mol. The first-order valence-electron chi connectivity index (χ1n) is 6.65. The maximum atomic E-state index is 12.7. The van der Waals surface area contributed by atoms with Gasteiger partial charge in [0.25, 0.3) is 10.2 Å². The van der Waals surface area contributed by atoms with Gasteiger partial charge in [-0.15, -0.1) is 22.9 Å².